The van der Waals surface area contributed by atoms with Gasteiger partial charge in [0.25, 0.3) is 5.56 Å². The van der Waals surface area contributed by atoms with Gasteiger partial charge in [0.2, 0.25) is 0 Å². The van der Waals surface area contributed by atoms with E-state index in [-0.39, 0.29) is 23.5 Å². The summed E-state index contributed by atoms with van der Waals surface area (Å²) in [6.45, 7) is 5.83. The molecule has 2 heterocycles. The molecule has 176 valence electrons. The van der Waals surface area contributed by atoms with Gasteiger partial charge in [0.1, 0.15) is 6.04 Å². The zero-order valence-electron chi connectivity index (χ0n) is 18.9. The van der Waals surface area contributed by atoms with Crippen molar-refractivity contribution in [3.63, 3.8) is 0 Å². The van der Waals surface area contributed by atoms with Crippen LogP contribution < -0.4 is 19.6 Å². The van der Waals surface area contributed by atoms with Gasteiger partial charge in [0.15, 0.2) is 16.3 Å². The number of hydrogen-bond donors (Lipinski definition) is 1. The van der Waals surface area contributed by atoms with Gasteiger partial charge in [-0.1, -0.05) is 45.5 Å². The topological polar surface area (TPSA) is 90.1 Å². The average molecular weight is 543 g/mol. The molecule has 7 nitrogen and oxygen atoms in total. The number of ether oxygens (including phenoxy) is 2. The summed E-state index contributed by atoms with van der Waals surface area (Å²) in [7, 11) is 0. The van der Waals surface area contributed by atoms with Gasteiger partial charge in [-0.05, 0) is 62.2 Å². The first-order valence-corrected chi connectivity index (χ1v) is 12.4. The highest BCUT2D eigenvalue weighted by atomic mass is 79.9. The van der Waals surface area contributed by atoms with Crippen LogP contribution >= 0.6 is 27.3 Å². The first kappa shape index (κ1) is 24.0. The van der Waals surface area contributed by atoms with Gasteiger partial charge in [-0.3, -0.25) is 9.36 Å². The molecule has 1 aliphatic rings. The summed E-state index contributed by atoms with van der Waals surface area (Å²) in [6.07, 6.45) is 1.80. The molecule has 0 saturated heterocycles. The van der Waals surface area contributed by atoms with Crippen LogP contribution in [0.2, 0.25) is 0 Å². The van der Waals surface area contributed by atoms with Gasteiger partial charge in [-0.2, -0.15) is 0 Å². The summed E-state index contributed by atoms with van der Waals surface area (Å²) in [6, 6.07) is 11.8. The second-order valence-electron chi connectivity index (χ2n) is 7.50. The van der Waals surface area contributed by atoms with Crippen LogP contribution in [0.1, 0.15) is 37.9 Å². The van der Waals surface area contributed by atoms with Crippen LogP contribution in [0.4, 0.5) is 0 Å². The number of carbonyl (C=O) groups excluding carboxylic acids is 1. The predicted octanol–water partition coefficient (Wildman–Crippen LogP) is 3.77. The third-order valence-electron chi connectivity index (χ3n) is 5.29. The van der Waals surface area contributed by atoms with Crippen molar-refractivity contribution in [2.24, 2.45) is 4.99 Å². The number of phenolic OH excluding ortho intramolecular Hbond substituents is 1. The second kappa shape index (κ2) is 9.99. The Labute approximate surface area is 208 Å². The molecule has 4 rings (SSSR count). The normalized spacial score (nSPS) is 15.6. The number of esters is 1. The average Bonchev–Trinajstić information content (AvgIpc) is 3.10. The molecule has 0 spiro atoms. The lowest BCUT2D eigenvalue weighted by Gasteiger charge is -2.22. The van der Waals surface area contributed by atoms with Crippen molar-refractivity contribution >= 4 is 45.0 Å². The maximum Gasteiger partial charge on any atom is 0.338 e. The van der Waals surface area contributed by atoms with Gasteiger partial charge in [-0.15, -0.1) is 0 Å². The molecule has 0 bridgehead atoms. The molecule has 1 aliphatic heterocycles. The number of halogens is 1. The van der Waals surface area contributed by atoms with E-state index in [1.54, 1.807) is 32.1 Å². The quantitative estimate of drug-likeness (QED) is 0.479. The van der Waals surface area contributed by atoms with Gasteiger partial charge < -0.3 is 14.6 Å². The number of rotatable bonds is 6. The summed E-state index contributed by atoms with van der Waals surface area (Å²) in [5, 5.41) is 10.1. The molecule has 0 amide bonds. The maximum atomic E-state index is 13.3. The van der Waals surface area contributed by atoms with Gasteiger partial charge in [0.05, 0.1) is 23.3 Å². The van der Waals surface area contributed by atoms with Gasteiger partial charge in [0, 0.05) is 10.2 Å². The number of benzene rings is 2. The van der Waals surface area contributed by atoms with Crippen molar-refractivity contribution in [3.05, 3.63) is 83.3 Å². The molecule has 3 aromatic rings. The fourth-order valence-electron chi connectivity index (χ4n) is 3.78. The lowest BCUT2D eigenvalue weighted by Crippen LogP contribution is -2.35. The Bertz CT molecular complexity index is 1470. The van der Waals surface area contributed by atoms with E-state index in [1.807, 2.05) is 31.2 Å². The molecule has 1 aromatic heterocycles. The Morgan fingerprint density at radius 2 is 2.03 bits per heavy atom. The van der Waals surface area contributed by atoms with Crippen molar-refractivity contribution in [2.75, 3.05) is 13.2 Å². The van der Waals surface area contributed by atoms with E-state index in [9.17, 15) is 14.7 Å². The van der Waals surface area contributed by atoms with E-state index in [0.717, 1.165) is 10.0 Å². The Kier molecular flexibility index (Phi) is 7.04. The second-order valence-corrected chi connectivity index (χ2v) is 9.42. The number of hydrogen-bond acceptors (Lipinski definition) is 7. The highest BCUT2D eigenvalue weighted by molar-refractivity contribution is 9.10. The first-order chi connectivity index (χ1) is 16.3. The van der Waals surface area contributed by atoms with Gasteiger partial charge in [-0.25, -0.2) is 9.79 Å². The number of thiazole rings is 1. The lowest BCUT2D eigenvalue weighted by molar-refractivity contribution is -0.138. The fourth-order valence-corrected chi connectivity index (χ4v) is 5.23. The molecule has 34 heavy (non-hydrogen) atoms. The molecule has 1 N–H and O–H groups in total. The van der Waals surface area contributed by atoms with Crippen LogP contribution in [0.15, 0.2) is 62.3 Å². The summed E-state index contributed by atoms with van der Waals surface area (Å²) >= 11 is 4.70. The van der Waals surface area contributed by atoms with Crippen molar-refractivity contribution in [2.45, 2.75) is 26.8 Å². The Hall–Kier alpha value is -3.17. The van der Waals surface area contributed by atoms with Crippen molar-refractivity contribution in [1.29, 1.82) is 0 Å². The minimum atomic E-state index is -0.712. The van der Waals surface area contributed by atoms with E-state index in [0.29, 0.717) is 33.0 Å². The van der Waals surface area contributed by atoms with E-state index in [2.05, 4.69) is 15.9 Å². The van der Waals surface area contributed by atoms with E-state index in [4.69, 9.17) is 14.5 Å². The van der Waals surface area contributed by atoms with Crippen molar-refractivity contribution < 1.29 is 19.4 Å². The molecule has 1 atom stereocenters. The molecular weight excluding hydrogens is 520 g/mol. The minimum absolute atomic E-state index is 0.00117. The van der Waals surface area contributed by atoms with Crippen LogP contribution in [0.5, 0.6) is 11.5 Å². The predicted molar refractivity (Wildman–Crippen MR) is 135 cm³/mol. The third-order valence-corrected chi connectivity index (χ3v) is 6.76. The number of aromatic hydroxyl groups is 1. The molecule has 0 fully saturated rings. The Balaban J connectivity index is 1.94. The van der Waals surface area contributed by atoms with Crippen molar-refractivity contribution in [3.8, 4) is 11.5 Å². The summed E-state index contributed by atoms with van der Waals surface area (Å²) in [4.78, 5) is 31.5. The molecule has 2 aromatic carbocycles. The van der Waals surface area contributed by atoms with Crippen LogP contribution in [0.3, 0.4) is 0 Å². The number of carbonyl (C=O) groups is 1. The summed E-state index contributed by atoms with van der Waals surface area (Å²) < 4.78 is 13.7. The molecule has 0 aliphatic carbocycles. The SMILES string of the molecule is CCOC(=O)C1=C(C)n2c(s/c(=C\c3cccc(Br)c3)c2=O)=N[C@H]1c1ccc(O)c(OCC)c1. The number of aromatic nitrogens is 1. The van der Waals surface area contributed by atoms with Crippen LogP contribution in [0, 0.1) is 0 Å². The van der Waals surface area contributed by atoms with Crippen LogP contribution in [-0.2, 0) is 9.53 Å². The number of allylic oxidation sites excluding steroid dienone is 1. The first-order valence-electron chi connectivity index (χ1n) is 10.7. The summed E-state index contributed by atoms with van der Waals surface area (Å²) in [5.74, 6) is -0.242. The van der Waals surface area contributed by atoms with E-state index < -0.39 is 12.0 Å². The monoisotopic (exact) mass is 542 g/mol. The number of nitrogens with zero attached hydrogens (tertiary/aromatic N) is 2. The maximum absolute atomic E-state index is 13.3. The zero-order valence-corrected chi connectivity index (χ0v) is 21.3. The number of phenols is 1. The molecule has 9 heteroatoms. The largest absolute Gasteiger partial charge is 0.504 e. The lowest BCUT2D eigenvalue weighted by atomic mass is 9.96. The van der Waals surface area contributed by atoms with E-state index >= 15 is 0 Å². The highest BCUT2D eigenvalue weighted by Gasteiger charge is 2.32. The van der Waals surface area contributed by atoms with Crippen molar-refractivity contribution in [1.82, 2.24) is 4.57 Å². The highest BCUT2D eigenvalue weighted by Crippen LogP contribution is 2.36. The fraction of sp³-hybridized carbons (Fsp3) is 0.240. The third kappa shape index (κ3) is 4.58. The standard InChI is InChI=1S/C25H23BrN2O5S/c1-4-32-19-13-16(9-10-18(19)29)22-21(24(31)33-5-2)14(3)28-23(30)20(34-25(28)27-22)12-15-7-6-8-17(26)11-15/h6-13,22,29H,4-5H2,1-3H3/b20-12-/t22-/m0/s1. The minimum Gasteiger partial charge on any atom is -0.504 e. The smallest absolute Gasteiger partial charge is 0.338 e. The molecule has 0 radical (unpaired) electrons. The zero-order chi connectivity index (χ0) is 24.4. The Morgan fingerprint density at radius 3 is 2.74 bits per heavy atom. The summed E-state index contributed by atoms with van der Waals surface area (Å²) in [5.41, 5.74) is 2.01. The molecule has 0 unspecified atom stereocenters. The Morgan fingerprint density at radius 1 is 1.24 bits per heavy atom. The van der Waals surface area contributed by atoms with Crippen LogP contribution in [0.25, 0.3) is 11.8 Å². The number of fused-ring (bicyclic) bond motifs is 1. The van der Waals surface area contributed by atoms with Crippen LogP contribution in [-0.4, -0.2) is 28.9 Å². The van der Waals surface area contributed by atoms with E-state index in [1.165, 1.54) is 22.0 Å². The van der Waals surface area contributed by atoms with Gasteiger partial charge >= 0.3 is 5.97 Å². The molecule has 0 saturated carbocycles. The molecular formula is C25H23BrN2O5S.